The lowest BCUT2D eigenvalue weighted by molar-refractivity contribution is 0.0949. The zero-order valence-electron chi connectivity index (χ0n) is 10.2. The molecule has 5 nitrogen and oxygen atoms in total. The van der Waals surface area contributed by atoms with Crippen molar-refractivity contribution in [3.8, 4) is 0 Å². The molecule has 1 N–H and O–H groups in total. The van der Waals surface area contributed by atoms with Crippen LogP contribution in [0.3, 0.4) is 0 Å². The first-order chi connectivity index (χ1) is 9.08. The lowest BCUT2D eigenvalue weighted by Crippen LogP contribution is -2.27. The summed E-state index contributed by atoms with van der Waals surface area (Å²) in [6, 6.07) is 3.48. The van der Waals surface area contributed by atoms with Crippen molar-refractivity contribution in [3.63, 3.8) is 0 Å². The van der Waals surface area contributed by atoms with Crippen molar-refractivity contribution in [1.82, 2.24) is 20.1 Å². The highest BCUT2D eigenvalue weighted by Gasteiger charge is 2.14. The maximum Gasteiger partial charge on any atom is 0.254 e. The molecule has 0 saturated heterocycles. The fourth-order valence-corrected chi connectivity index (χ4v) is 1.56. The predicted molar refractivity (Wildman–Crippen MR) is 63.4 cm³/mol. The second-order valence-corrected chi connectivity index (χ2v) is 3.94. The lowest BCUT2D eigenvalue weighted by Gasteiger charge is -2.05. The zero-order chi connectivity index (χ0) is 13.8. The average molecular weight is 266 g/mol. The number of hydrogen-bond donors (Lipinski definition) is 1. The SMILES string of the molecule is Cn1cnc(CCNC(=O)c2cccc(F)c2F)n1. The predicted octanol–water partition coefficient (Wildman–Crippen LogP) is 1.07. The third kappa shape index (κ3) is 3.12. The summed E-state index contributed by atoms with van der Waals surface area (Å²) in [6.07, 6.45) is 1.97. The van der Waals surface area contributed by atoms with Crippen molar-refractivity contribution in [2.75, 3.05) is 6.54 Å². The van der Waals surface area contributed by atoms with Gasteiger partial charge < -0.3 is 5.32 Å². The minimum Gasteiger partial charge on any atom is -0.351 e. The van der Waals surface area contributed by atoms with Gasteiger partial charge in [-0.05, 0) is 12.1 Å². The lowest BCUT2D eigenvalue weighted by atomic mass is 10.2. The van der Waals surface area contributed by atoms with E-state index in [0.29, 0.717) is 12.2 Å². The Morgan fingerprint density at radius 3 is 2.89 bits per heavy atom. The van der Waals surface area contributed by atoms with Gasteiger partial charge in [0.05, 0.1) is 5.56 Å². The van der Waals surface area contributed by atoms with E-state index in [0.717, 1.165) is 6.07 Å². The van der Waals surface area contributed by atoms with E-state index in [2.05, 4.69) is 15.4 Å². The van der Waals surface area contributed by atoms with Crippen LogP contribution in [0.15, 0.2) is 24.5 Å². The van der Waals surface area contributed by atoms with Gasteiger partial charge in [0, 0.05) is 20.0 Å². The van der Waals surface area contributed by atoms with Gasteiger partial charge in [0.15, 0.2) is 17.5 Å². The van der Waals surface area contributed by atoms with Crippen LogP contribution >= 0.6 is 0 Å². The van der Waals surface area contributed by atoms with Gasteiger partial charge in [-0.3, -0.25) is 9.48 Å². The van der Waals surface area contributed by atoms with Crippen molar-refractivity contribution >= 4 is 5.91 Å². The van der Waals surface area contributed by atoms with Gasteiger partial charge in [-0.25, -0.2) is 13.8 Å². The topological polar surface area (TPSA) is 59.8 Å². The second kappa shape index (κ2) is 5.55. The fraction of sp³-hybridized carbons (Fsp3) is 0.250. The molecular weight excluding hydrogens is 254 g/mol. The Hall–Kier alpha value is -2.31. The normalized spacial score (nSPS) is 10.5. The summed E-state index contributed by atoms with van der Waals surface area (Å²) >= 11 is 0. The summed E-state index contributed by atoms with van der Waals surface area (Å²) in [5.74, 6) is -2.27. The molecule has 0 atom stereocenters. The van der Waals surface area contributed by atoms with Crippen molar-refractivity contribution in [2.45, 2.75) is 6.42 Å². The molecule has 1 aromatic heterocycles. The average Bonchev–Trinajstić information content (AvgIpc) is 2.78. The van der Waals surface area contributed by atoms with Gasteiger partial charge in [0.2, 0.25) is 0 Å². The first-order valence-corrected chi connectivity index (χ1v) is 5.64. The summed E-state index contributed by atoms with van der Waals surface area (Å²) in [4.78, 5) is 15.6. The number of rotatable bonds is 4. The van der Waals surface area contributed by atoms with Crippen molar-refractivity contribution in [1.29, 1.82) is 0 Å². The van der Waals surface area contributed by atoms with Crippen LogP contribution in [0.2, 0.25) is 0 Å². The Morgan fingerprint density at radius 1 is 1.42 bits per heavy atom. The van der Waals surface area contributed by atoms with Crippen LogP contribution in [-0.4, -0.2) is 27.2 Å². The number of nitrogens with one attached hydrogen (secondary N) is 1. The Kier molecular flexibility index (Phi) is 3.84. The molecule has 7 heteroatoms. The van der Waals surface area contributed by atoms with Crippen molar-refractivity contribution in [3.05, 3.63) is 47.5 Å². The van der Waals surface area contributed by atoms with Crippen LogP contribution in [-0.2, 0) is 13.5 Å². The largest absolute Gasteiger partial charge is 0.351 e. The van der Waals surface area contributed by atoms with E-state index in [-0.39, 0.29) is 12.1 Å². The Morgan fingerprint density at radius 2 is 2.21 bits per heavy atom. The highest BCUT2D eigenvalue weighted by molar-refractivity contribution is 5.94. The van der Waals surface area contributed by atoms with Crippen LogP contribution in [0.25, 0.3) is 0 Å². The standard InChI is InChI=1S/C12H12F2N4O/c1-18-7-16-10(17-18)5-6-15-12(19)8-3-2-4-9(13)11(8)14/h2-4,7H,5-6H2,1H3,(H,15,19). The molecule has 0 radical (unpaired) electrons. The van der Waals surface area contributed by atoms with Gasteiger partial charge in [-0.15, -0.1) is 0 Å². The molecule has 2 rings (SSSR count). The van der Waals surface area contributed by atoms with Crippen molar-refractivity contribution < 1.29 is 13.6 Å². The molecule has 0 bridgehead atoms. The zero-order valence-corrected chi connectivity index (χ0v) is 10.2. The number of aromatic nitrogens is 3. The molecule has 0 aliphatic rings. The fourth-order valence-electron chi connectivity index (χ4n) is 1.56. The number of amides is 1. The molecule has 0 saturated carbocycles. The van der Waals surface area contributed by atoms with E-state index in [1.54, 1.807) is 18.1 Å². The molecule has 0 aliphatic carbocycles. The summed E-state index contributed by atoms with van der Waals surface area (Å²) < 4.78 is 27.8. The van der Waals surface area contributed by atoms with E-state index >= 15 is 0 Å². The maximum atomic E-state index is 13.3. The monoisotopic (exact) mass is 266 g/mol. The smallest absolute Gasteiger partial charge is 0.254 e. The molecule has 1 amide bonds. The Bertz CT molecular complexity index is 597. The van der Waals surface area contributed by atoms with Crippen LogP contribution in [0, 0.1) is 11.6 Å². The van der Waals surface area contributed by atoms with E-state index in [4.69, 9.17) is 0 Å². The van der Waals surface area contributed by atoms with Gasteiger partial charge in [0.25, 0.3) is 5.91 Å². The van der Waals surface area contributed by atoms with Crippen LogP contribution in [0.1, 0.15) is 16.2 Å². The summed E-state index contributed by atoms with van der Waals surface area (Å²) in [5, 5.41) is 6.52. The number of halogens is 2. The highest BCUT2D eigenvalue weighted by Crippen LogP contribution is 2.10. The third-order valence-electron chi connectivity index (χ3n) is 2.48. The Labute approximate surface area is 108 Å². The van der Waals surface area contributed by atoms with Gasteiger partial charge in [-0.1, -0.05) is 6.07 Å². The molecule has 19 heavy (non-hydrogen) atoms. The number of carbonyl (C=O) groups excluding carboxylic acids is 1. The summed E-state index contributed by atoms with van der Waals surface area (Å²) in [5.41, 5.74) is -0.311. The molecule has 2 aromatic rings. The summed E-state index contributed by atoms with van der Waals surface area (Å²) in [6.45, 7) is 0.249. The number of nitrogens with zero attached hydrogens (tertiary/aromatic N) is 3. The first kappa shape index (κ1) is 13.1. The molecule has 0 spiro atoms. The molecule has 0 unspecified atom stereocenters. The Balaban J connectivity index is 1.93. The molecule has 1 heterocycles. The number of aryl methyl sites for hydroxylation is 1. The van der Waals surface area contributed by atoms with E-state index in [1.165, 1.54) is 12.1 Å². The van der Waals surface area contributed by atoms with E-state index in [9.17, 15) is 13.6 Å². The molecular formula is C12H12F2N4O. The second-order valence-electron chi connectivity index (χ2n) is 3.94. The number of benzene rings is 1. The minimum absolute atomic E-state index is 0.249. The van der Waals surface area contributed by atoms with E-state index < -0.39 is 17.5 Å². The van der Waals surface area contributed by atoms with Gasteiger partial charge in [-0.2, -0.15) is 5.10 Å². The van der Waals surface area contributed by atoms with Crippen molar-refractivity contribution in [2.24, 2.45) is 7.05 Å². The molecule has 1 aromatic carbocycles. The highest BCUT2D eigenvalue weighted by atomic mass is 19.2. The van der Waals surface area contributed by atoms with E-state index in [1.807, 2.05) is 0 Å². The molecule has 100 valence electrons. The molecule has 0 aliphatic heterocycles. The molecule has 0 fully saturated rings. The van der Waals surface area contributed by atoms with Crippen LogP contribution in [0.5, 0.6) is 0 Å². The number of hydrogen-bond acceptors (Lipinski definition) is 3. The van der Waals surface area contributed by atoms with Gasteiger partial charge >= 0.3 is 0 Å². The number of carbonyl (C=O) groups is 1. The summed E-state index contributed by atoms with van der Waals surface area (Å²) in [7, 11) is 1.73. The van der Waals surface area contributed by atoms with Gasteiger partial charge in [0.1, 0.15) is 6.33 Å². The van der Waals surface area contributed by atoms with Crippen LogP contribution in [0.4, 0.5) is 8.78 Å². The van der Waals surface area contributed by atoms with Crippen LogP contribution < -0.4 is 5.32 Å². The quantitative estimate of drug-likeness (QED) is 0.900. The third-order valence-corrected chi connectivity index (χ3v) is 2.48. The minimum atomic E-state index is -1.14. The maximum absolute atomic E-state index is 13.3. The first-order valence-electron chi connectivity index (χ1n) is 5.64.